The number of hydrogen-bond donors (Lipinski definition) is 2. The van der Waals surface area contributed by atoms with Crippen LogP contribution in [0.3, 0.4) is 0 Å². The summed E-state index contributed by atoms with van der Waals surface area (Å²) in [6.45, 7) is 19.4. The van der Waals surface area contributed by atoms with Gasteiger partial charge in [0.05, 0.1) is 31.9 Å². The Hall–Kier alpha value is -4.70. The van der Waals surface area contributed by atoms with E-state index in [2.05, 4.69) is 109 Å². The third-order valence-electron chi connectivity index (χ3n) is 12.9. The number of nitro groups is 2. The Balaban J connectivity index is 0.000000585. The maximum Gasteiger partial charge on any atom is 0.270 e. The Kier molecular flexibility index (Phi) is 40.6. The van der Waals surface area contributed by atoms with E-state index in [0.29, 0.717) is 45.4 Å². The van der Waals surface area contributed by atoms with E-state index in [9.17, 15) is 29.8 Å². The molecule has 6 radical (unpaired) electrons. The van der Waals surface area contributed by atoms with Crippen LogP contribution >= 0.6 is 23.2 Å². The van der Waals surface area contributed by atoms with Crippen molar-refractivity contribution >= 4 is 102 Å². The molecule has 0 unspecified atom stereocenters. The van der Waals surface area contributed by atoms with Crippen LogP contribution in [0.15, 0.2) is 194 Å². The number of non-ortho nitro benzene ring substituents is 2. The number of fused-ring (bicyclic) bond motifs is 4. The molecule has 466 valence electrons. The number of carbonyl (C=O) groups is 2. The molecule has 4 heterocycles. The summed E-state index contributed by atoms with van der Waals surface area (Å²) in [5, 5.41) is 30.1. The van der Waals surface area contributed by atoms with Crippen LogP contribution in [0.2, 0.25) is 10.3 Å². The average Bonchev–Trinajstić information content (AvgIpc) is 0.856. The maximum absolute atomic E-state index is 10.8. The molecule has 0 bridgehead atoms. The number of pyridine rings is 4. The summed E-state index contributed by atoms with van der Waals surface area (Å²) in [6.07, 6.45) is 1.37. The number of hydrogen-bond acceptors (Lipinski definition) is 10. The van der Waals surface area contributed by atoms with Gasteiger partial charge in [-0.1, -0.05) is 49.2 Å². The van der Waals surface area contributed by atoms with Gasteiger partial charge in [-0.05, 0) is 84.9 Å². The fraction of sp³-hybridized carbons (Fsp3) is 0.0833. The van der Waals surface area contributed by atoms with Gasteiger partial charge in [0.1, 0.15) is 13.0 Å². The van der Waals surface area contributed by atoms with E-state index in [1.807, 2.05) is 97.1 Å². The first kappa shape index (κ1) is 83.5. The quantitative estimate of drug-likeness (QED) is 0.0437. The zero-order valence-corrected chi connectivity index (χ0v) is 66.9. The minimum Gasteiger partial charge on any atom is -0.341 e. The third-order valence-corrected chi connectivity index (χ3v) is 13.3. The molecule has 94 heavy (non-hydrogen) atoms. The number of nitrogens with one attached hydrogen (secondary N) is 2. The Morgan fingerprint density at radius 1 is 0.436 bits per heavy atom. The van der Waals surface area contributed by atoms with Gasteiger partial charge >= 0.3 is 0 Å². The number of aryl methyl sites for hydroxylation is 2. The van der Waals surface area contributed by atoms with E-state index >= 15 is 0 Å². The zero-order valence-electron chi connectivity index (χ0n) is 53.2. The second-order valence-electron chi connectivity index (χ2n) is 19.2. The first-order valence-electron chi connectivity index (χ1n) is 28.2. The van der Waals surface area contributed by atoms with Crippen molar-refractivity contribution in [2.45, 2.75) is 39.5 Å². The molecular weight excluding hydrogens is 1600 g/mol. The van der Waals surface area contributed by atoms with Gasteiger partial charge in [-0.2, -0.15) is 156 Å². The first-order valence-corrected chi connectivity index (χ1v) is 28.0. The van der Waals surface area contributed by atoms with E-state index in [1.165, 1.54) is 46.5 Å². The minimum atomic E-state index is -0.837. The molecule has 0 aliphatic carbocycles. The van der Waals surface area contributed by atoms with Crippen molar-refractivity contribution < 1.29 is 190 Å². The van der Waals surface area contributed by atoms with Crippen molar-refractivity contribution in [3.8, 4) is 22.5 Å². The summed E-state index contributed by atoms with van der Waals surface area (Å²) in [5.41, 5.74) is 15.1. The van der Waals surface area contributed by atoms with Gasteiger partial charge in [0, 0.05) is 237 Å². The Labute approximate surface area is 686 Å². The fourth-order valence-corrected chi connectivity index (χ4v) is 8.77. The number of halogens is 2. The molecule has 0 atom stereocenters. The molecule has 0 saturated carbocycles. The van der Waals surface area contributed by atoms with Crippen molar-refractivity contribution in [1.82, 2.24) is 19.9 Å². The molecule has 2 amide bonds. The van der Waals surface area contributed by atoms with Crippen LogP contribution in [-0.2, 0) is 203 Å². The number of amides is 2. The van der Waals surface area contributed by atoms with Crippen LogP contribution in [-0.4, -0.2) is 42.6 Å². The summed E-state index contributed by atoms with van der Waals surface area (Å²) < 4.78 is 13.7. The average molecular weight is 1660 g/mol. The number of nitrogens with zero attached hydrogens (tertiary/aromatic N) is 6. The Morgan fingerprint density at radius 3 is 1.06 bits per heavy atom. The van der Waals surface area contributed by atoms with Crippen LogP contribution in [0, 0.1) is 86.0 Å². The molecule has 14 nitrogen and oxygen atoms in total. The number of benzene rings is 8. The van der Waals surface area contributed by atoms with E-state index in [0.717, 1.165) is 79.2 Å². The normalized spacial score (nSPS) is 9.91. The van der Waals surface area contributed by atoms with Crippen LogP contribution < -0.4 is 10.6 Å². The second-order valence-corrected chi connectivity index (χ2v) is 20.0. The molecule has 12 aromatic rings. The van der Waals surface area contributed by atoms with Gasteiger partial charge in [0.15, 0.2) is 0 Å². The molecule has 4 aromatic heterocycles. The molecular formula is C72H58Cl2N8O6V2Y4-8. The maximum atomic E-state index is 10.8. The van der Waals surface area contributed by atoms with Gasteiger partial charge < -0.3 is 38.3 Å². The smallest absolute Gasteiger partial charge is 0.270 e. The molecule has 0 aliphatic heterocycles. The molecule has 12 rings (SSSR count). The predicted octanol–water partition coefficient (Wildman–Crippen LogP) is 17.2. The number of nitro benzene ring substituents is 2. The second kappa shape index (κ2) is 45.7. The third kappa shape index (κ3) is 27.7. The largest absolute Gasteiger partial charge is 0.341 e. The summed E-state index contributed by atoms with van der Waals surface area (Å²) >= 11 is 11.4. The van der Waals surface area contributed by atoms with Crippen LogP contribution in [0.5, 0.6) is 0 Å². The van der Waals surface area contributed by atoms with E-state index in [-0.39, 0.29) is 179 Å². The van der Waals surface area contributed by atoms with Crippen molar-refractivity contribution in [2.24, 2.45) is 0 Å². The summed E-state index contributed by atoms with van der Waals surface area (Å²) in [4.78, 5) is 59.0. The Morgan fingerprint density at radius 2 is 0.745 bits per heavy atom. The molecule has 8 aromatic carbocycles. The van der Waals surface area contributed by atoms with Crippen molar-refractivity contribution in [3.05, 3.63) is 310 Å². The summed E-state index contributed by atoms with van der Waals surface area (Å²) in [6, 6.07) is 70.4. The van der Waals surface area contributed by atoms with Gasteiger partial charge in [0.2, 0.25) is 12.8 Å². The predicted molar refractivity (Wildman–Crippen MR) is 354 cm³/mol. The molecule has 0 saturated heterocycles. The monoisotopic (exact) mass is 1660 g/mol. The van der Waals surface area contributed by atoms with Gasteiger partial charge in [-0.3, -0.25) is 34.8 Å². The SMILES string of the molecule is O=[N+]([O-])c1ccc2nc(Cl)ccc2c1.[3H]C(=O)Nc1ccc2nc(-c3cc[c-]c(C[CH2-])c3)ccc2c1.[3H]C(=O)Nc1ccc2nc(Cl)ccc2c1.[CH2-]Cc1[c-]ccc(-c2ccc3cc([N+](=O)[O-])ccc3n2)c1.[CH2-]Cc1[c-]ccc(C)c1.[CH2-]Cc1[c-]ccc(C)c1.[V].[V].[Y].[Y].[Y].[Y]. The number of anilines is 2. The fourth-order valence-electron chi connectivity index (χ4n) is 8.47. The van der Waals surface area contributed by atoms with E-state index in [1.54, 1.807) is 60.7 Å². The summed E-state index contributed by atoms with van der Waals surface area (Å²) in [7, 11) is 0. The van der Waals surface area contributed by atoms with Gasteiger partial charge in [-0.15, -0.1) is 11.1 Å². The van der Waals surface area contributed by atoms with Crippen LogP contribution in [0.4, 0.5) is 22.7 Å². The van der Waals surface area contributed by atoms with Crippen molar-refractivity contribution in [3.63, 3.8) is 0 Å². The molecule has 22 heteroatoms. The standard InChI is InChI=1S/C18H14N2O.C17H12N2O2.C10H7ClN2O.C9H5ClN2O2.2C9H10.2V.4Y/c1-2-13-4-3-5-14(10-13)17-8-6-15-11-16(19-12-21)7-9-18(15)20-17;1-2-12-4-3-5-13(10-12)16-8-6-14-11-15(19(20)21)7-9-17(14)18-16;11-10-4-1-7-5-8(12-6-14)2-3-9(7)13-10;10-9-4-1-6-5-7(12(13)14)2-3-8(6)11-9;2*1-3-9-6-4-5-8(2)7-9;;;;;;/h3,5-12H,1-2H2,(H,19,21);3,5-11H,1-2H2;1-6H,(H,12,14);1-5H;2*4-5,7H,1,3H2,2H3;;;;;;/q2*-2;;;2*-2;;;;;;/i12T;;6T;;;;;;;;;. The molecule has 0 aliphatic rings. The Bertz CT molecular complexity index is 4490. The molecule has 0 spiro atoms. The minimum absolute atomic E-state index is 0. The van der Waals surface area contributed by atoms with Crippen LogP contribution in [0.25, 0.3) is 66.1 Å². The van der Waals surface area contributed by atoms with E-state index < -0.39 is 22.6 Å². The van der Waals surface area contributed by atoms with E-state index in [4.69, 9.17) is 25.9 Å². The number of aromatic nitrogens is 4. The van der Waals surface area contributed by atoms with Crippen molar-refractivity contribution in [2.75, 3.05) is 10.6 Å². The van der Waals surface area contributed by atoms with Gasteiger partial charge in [0.25, 0.3) is 11.4 Å². The molecule has 2 N–H and O–H groups in total. The topological polar surface area (TPSA) is 196 Å². The summed E-state index contributed by atoms with van der Waals surface area (Å²) in [5.74, 6) is 0. The van der Waals surface area contributed by atoms with Gasteiger partial charge in [-0.25, -0.2) is 15.0 Å². The number of rotatable bonds is 10. The number of carbonyl (C=O) groups excluding carboxylic acids is 2. The zero-order chi connectivity index (χ0) is 64.7. The first-order chi connectivity index (χ1) is 43.3. The van der Waals surface area contributed by atoms with Crippen LogP contribution in [0.1, 0.15) is 36.1 Å². The van der Waals surface area contributed by atoms with Crippen molar-refractivity contribution in [1.29, 1.82) is 0 Å². The molecule has 0 fully saturated rings.